The molecule has 21 heavy (non-hydrogen) atoms. The molecular weight excluding hydrogens is 288 g/mol. The number of nitrogens with one attached hydrogen (secondary N) is 1. The third-order valence-corrected chi connectivity index (χ3v) is 5.00. The van der Waals surface area contributed by atoms with Gasteiger partial charge in [0, 0.05) is 12.2 Å². The third-order valence-electron chi connectivity index (χ3n) is 3.71. The van der Waals surface area contributed by atoms with Gasteiger partial charge in [0.1, 0.15) is 5.69 Å². The zero-order valence-corrected chi connectivity index (χ0v) is 12.9. The van der Waals surface area contributed by atoms with E-state index in [9.17, 15) is 8.42 Å². The summed E-state index contributed by atoms with van der Waals surface area (Å²) in [6, 6.07) is 7.44. The summed E-state index contributed by atoms with van der Waals surface area (Å²) in [4.78, 5) is 4.61. The molecular formula is C14H18N4O2S. The molecule has 0 radical (unpaired) electrons. The monoisotopic (exact) mass is 306 g/mol. The summed E-state index contributed by atoms with van der Waals surface area (Å²) in [5, 5.41) is 7.10. The topological polar surface area (TPSA) is 79.0 Å². The summed E-state index contributed by atoms with van der Waals surface area (Å²) in [6.45, 7) is 2.50. The molecule has 0 bridgehead atoms. The average molecular weight is 306 g/mol. The van der Waals surface area contributed by atoms with Gasteiger partial charge in [-0.1, -0.05) is 6.07 Å². The molecule has 1 aliphatic heterocycles. The number of pyridine rings is 1. The van der Waals surface area contributed by atoms with Crippen LogP contribution in [0.5, 0.6) is 0 Å². The van der Waals surface area contributed by atoms with Crippen LogP contribution in [-0.2, 0) is 10.0 Å². The fourth-order valence-electron chi connectivity index (χ4n) is 2.76. The van der Waals surface area contributed by atoms with Gasteiger partial charge < -0.3 is 0 Å². The van der Waals surface area contributed by atoms with E-state index < -0.39 is 10.0 Å². The van der Waals surface area contributed by atoms with E-state index in [0.717, 1.165) is 35.6 Å². The van der Waals surface area contributed by atoms with Gasteiger partial charge in [-0.25, -0.2) is 13.4 Å². The largest absolute Gasteiger partial charge is 0.282 e. The molecule has 1 fully saturated rings. The Morgan fingerprint density at radius 1 is 1.33 bits per heavy atom. The van der Waals surface area contributed by atoms with Gasteiger partial charge in [-0.05, 0) is 38.0 Å². The molecule has 3 rings (SSSR count). The van der Waals surface area contributed by atoms with E-state index in [1.165, 1.54) is 10.6 Å². The van der Waals surface area contributed by atoms with Gasteiger partial charge in [-0.15, -0.1) is 0 Å². The fraction of sp³-hybridized carbons (Fsp3) is 0.429. The molecule has 0 amide bonds. The van der Waals surface area contributed by atoms with Crippen LogP contribution in [0.3, 0.4) is 0 Å². The zero-order valence-electron chi connectivity index (χ0n) is 12.1. The quantitative estimate of drug-likeness (QED) is 0.939. The summed E-state index contributed by atoms with van der Waals surface area (Å²) in [7, 11) is -3.20. The zero-order chi connectivity index (χ0) is 15.0. The molecule has 112 valence electrons. The van der Waals surface area contributed by atoms with Crippen LogP contribution in [0.15, 0.2) is 24.3 Å². The molecule has 1 aliphatic rings. The first kappa shape index (κ1) is 14.2. The lowest BCUT2D eigenvalue weighted by molar-refractivity contribution is 0.394. The van der Waals surface area contributed by atoms with Crippen LogP contribution in [0.25, 0.3) is 11.4 Å². The number of aryl methyl sites for hydroxylation is 1. The van der Waals surface area contributed by atoms with Crippen LogP contribution in [0.1, 0.15) is 30.3 Å². The second-order valence-electron chi connectivity index (χ2n) is 5.42. The number of nitrogens with zero attached hydrogens (tertiary/aromatic N) is 3. The summed E-state index contributed by atoms with van der Waals surface area (Å²) in [6.07, 6.45) is 2.93. The van der Waals surface area contributed by atoms with Crippen molar-refractivity contribution in [3.63, 3.8) is 0 Å². The minimum absolute atomic E-state index is 0.167. The molecule has 1 N–H and O–H groups in total. The molecule has 2 aromatic rings. The molecule has 0 saturated carbocycles. The molecule has 0 spiro atoms. The average Bonchev–Trinajstić information content (AvgIpc) is 3.06. The number of hydrogen-bond donors (Lipinski definition) is 1. The van der Waals surface area contributed by atoms with E-state index in [1.807, 2.05) is 31.2 Å². The van der Waals surface area contributed by atoms with Gasteiger partial charge in [0.25, 0.3) is 0 Å². The van der Waals surface area contributed by atoms with Crippen LogP contribution >= 0.6 is 0 Å². The standard InChI is InChI=1S/C14H18N4O2S/c1-10-9-13(17-16-10)11-5-3-6-12(15-11)14-7-4-8-18(14)21(2,19)20/h3,5-6,9,14H,4,7-8H2,1-2H3,(H,16,17). The first-order chi connectivity index (χ1) is 9.95. The van der Waals surface area contributed by atoms with Crippen LogP contribution in [-0.4, -0.2) is 40.7 Å². The predicted octanol–water partition coefficient (Wildman–Crippen LogP) is 1.88. The molecule has 3 heterocycles. The molecule has 1 atom stereocenters. The van der Waals surface area contributed by atoms with Crippen LogP contribution < -0.4 is 0 Å². The number of aromatic nitrogens is 3. The summed E-state index contributed by atoms with van der Waals surface area (Å²) >= 11 is 0. The van der Waals surface area contributed by atoms with Crippen molar-refractivity contribution in [2.24, 2.45) is 0 Å². The molecule has 2 aromatic heterocycles. The van der Waals surface area contributed by atoms with Gasteiger partial charge in [-0.2, -0.15) is 9.40 Å². The van der Waals surface area contributed by atoms with Gasteiger partial charge >= 0.3 is 0 Å². The number of aromatic amines is 1. The van der Waals surface area contributed by atoms with Gasteiger partial charge in [0.05, 0.1) is 23.7 Å². The van der Waals surface area contributed by atoms with E-state index in [1.54, 1.807) is 0 Å². The van der Waals surface area contributed by atoms with Crippen LogP contribution in [0.4, 0.5) is 0 Å². The van der Waals surface area contributed by atoms with Gasteiger partial charge in [0.2, 0.25) is 10.0 Å². The second-order valence-corrected chi connectivity index (χ2v) is 7.35. The van der Waals surface area contributed by atoms with Crippen molar-refractivity contribution in [2.45, 2.75) is 25.8 Å². The van der Waals surface area contributed by atoms with E-state index in [2.05, 4.69) is 15.2 Å². The normalized spacial score (nSPS) is 20.0. The summed E-state index contributed by atoms with van der Waals surface area (Å²) in [5.74, 6) is 0. The van der Waals surface area contributed by atoms with E-state index in [-0.39, 0.29) is 6.04 Å². The molecule has 1 unspecified atom stereocenters. The number of sulfonamides is 1. The number of H-pyrrole nitrogens is 1. The molecule has 1 saturated heterocycles. The highest BCUT2D eigenvalue weighted by Gasteiger charge is 2.33. The minimum atomic E-state index is -3.20. The maximum absolute atomic E-state index is 11.9. The van der Waals surface area contributed by atoms with Gasteiger partial charge in [-0.3, -0.25) is 5.10 Å². The Balaban J connectivity index is 1.96. The van der Waals surface area contributed by atoms with E-state index in [0.29, 0.717) is 6.54 Å². The van der Waals surface area contributed by atoms with E-state index in [4.69, 9.17) is 0 Å². The highest BCUT2D eigenvalue weighted by atomic mass is 32.2. The van der Waals surface area contributed by atoms with Crippen molar-refractivity contribution < 1.29 is 8.42 Å². The maximum atomic E-state index is 11.9. The summed E-state index contributed by atoms with van der Waals surface area (Å²) in [5.41, 5.74) is 3.29. The molecule has 0 aliphatic carbocycles. The van der Waals surface area contributed by atoms with Crippen LogP contribution in [0.2, 0.25) is 0 Å². The third kappa shape index (κ3) is 2.84. The lowest BCUT2D eigenvalue weighted by Gasteiger charge is -2.21. The van der Waals surface area contributed by atoms with Crippen molar-refractivity contribution in [2.75, 3.05) is 12.8 Å². The Kier molecular flexibility index (Phi) is 3.54. The second kappa shape index (κ2) is 5.23. The first-order valence-electron chi connectivity index (χ1n) is 6.91. The van der Waals surface area contributed by atoms with Crippen molar-refractivity contribution in [1.29, 1.82) is 0 Å². The Labute approximate surface area is 124 Å². The minimum Gasteiger partial charge on any atom is -0.282 e. The number of rotatable bonds is 3. The lowest BCUT2D eigenvalue weighted by atomic mass is 10.1. The Hall–Kier alpha value is -1.73. The predicted molar refractivity (Wildman–Crippen MR) is 80.1 cm³/mol. The van der Waals surface area contributed by atoms with Gasteiger partial charge in [0.15, 0.2) is 0 Å². The van der Waals surface area contributed by atoms with Crippen LogP contribution in [0, 0.1) is 6.92 Å². The lowest BCUT2D eigenvalue weighted by Crippen LogP contribution is -2.29. The van der Waals surface area contributed by atoms with E-state index >= 15 is 0 Å². The number of hydrogen-bond acceptors (Lipinski definition) is 4. The van der Waals surface area contributed by atoms with Crippen molar-refractivity contribution in [3.05, 3.63) is 35.7 Å². The molecule has 0 aromatic carbocycles. The Morgan fingerprint density at radius 2 is 2.14 bits per heavy atom. The summed E-state index contributed by atoms with van der Waals surface area (Å²) < 4.78 is 25.2. The SMILES string of the molecule is Cc1cc(-c2cccc(C3CCCN3S(C)(=O)=O)n2)n[nH]1. The highest BCUT2D eigenvalue weighted by Crippen LogP contribution is 2.33. The van der Waals surface area contributed by atoms with Crippen molar-refractivity contribution in [1.82, 2.24) is 19.5 Å². The van der Waals surface area contributed by atoms with Crippen molar-refractivity contribution in [3.8, 4) is 11.4 Å². The Morgan fingerprint density at radius 3 is 2.81 bits per heavy atom. The highest BCUT2D eigenvalue weighted by molar-refractivity contribution is 7.88. The first-order valence-corrected chi connectivity index (χ1v) is 8.76. The fourth-order valence-corrected chi connectivity index (χ4v) is 3.90. The molecule has 6 nitrogen and oxygen atoms in total. The molecule has 7 heteroatoms. The maximum Gasteiger partial charge on any atom is 0.211 e. The van der Waals surface area contributed by atoms with Crippen molar-refractivity contribution >= 4 is 10.0 Å². The smallest absolute Gasteiger partial charge is 0.211 e. The Bertz CT molecular complexity index is 754.